The Bertz CT molecular complexity index is 951. The molecule has 0 aliphatic carbocycles. The second-order valence-electron chi connectivity index (χ2n) is 5.27. The molecule has 4 rings (SSSR count). The second kappa shape index (κ2) is 6.62. The number of aromatic nitrogens is 3. The van der Waals surface area contributed by atoms with Gasteiger partial charge in [-0.1, -0.05) is 41.6 Å². The number of benzene rings is 1. The third kappa shape index (κ3) is 3.20. The number of carboxylic acid groups (broad SMARTS) is 1. The number of fused-ring (bicyclic) bond motifs is 1. The van der Waals surface area contributed by atoms with Gasteiger partial charge in [-0.2, -0.15) is 9.78 Å². The van der Waals surface area contributed by atoms with Crippen LogP contribution < -0.4 is 5.11 Å². The van der Waals surface area contributed by atoms with E-state index in [-0.39, 0.29) is 6.42 Å². The smallest absolute Gasteiger partial charge is 0.213 e. The molecule has 0 bridgehead atoms. The number of thioether (sulfide) groups is 1. The highest BCUT2D eigenvalue weighted by atomic mass is 35.5. The van der Waals surface area contributed by atoms with E-state index in [1.807, 2.05) is 29.6 Å². The van der Waals surface area contributed by atoms with Gasteiger partial charge in [0.05, 0.1) is 15.8 Å². The fraction of sp³-hybridized carbons (Fsp3) is 0.125. The molecule has 1 aromatic carbocycles. The summed E-state index contributed by atoms with van der Waals surface area (Å²) in [6, 6.07) is 11.0. The number of carbonyl (C=O) groups excluding carboxylic acids is 1. The van der Waals surface area contributed by atoms with Crippen molar-refractivity contribution in [3.05, 3.63) is 52.4 Å². The normalized spacial score (nSPS) is 16.4. The molecule has 3 heterocycles. The van der Waals surface area contributed by atoms with Crippen molar-refractivity contribution >= 4 is 46.4 Å². The first kappa shape index (κ1) is 16.3. The van der Waals surface area contributed by atoms with Gasteiger partial charge in [0.2, 0.25) is 5.16 Å². The SMILES string of the molecule is O=C([O-])C[C@@H]1Sc2nnc(-c3cccs3)n2N=C1c1ccc(Cl)cc1. The third-order valence-electron chi connectivity index (χ3n) is 3.61. The van der Waals surface area contributed by atoms with Crippen molar-refractivity contribution in [2.75, 3.05) is 0 Å². The lowest BCUT2D eigenvalue weighted by Gasteiger charge is -2.23. The summed E-state index contributed by atoms with van der Waals surface area (Å²) in [4.78, 5) is 12.1. The van der Waals surface area contributed by atoms with Gasteiger partial charge in [-0.25, -0.2) is 0 Å². The zero-order valence-corrected chi connectivity index (χ0v) is 15.0. The standard InChI is InChI=1S/C16H11ClN4O2S2/c17-10-5-3-9(4-6-10)14-12(8-13(22)23)25-16-19-18-15(21(16)20-14)11-2-1-7-24-11/h1-7,12H,8H2,(H,22,23)/p-1/t12-/m0/s1. The van der Waals surface area contributed by atoms with Crippen molar-refractivity contribution in [3.63, 3.8) is 0 Å². The van der Waals surface area contributed by atoms with Crippen LogP contribution in [0.4, 0.5) is 0 Å². The zero-order chi connectivity index (χ0) is 17.4. The van der Waals surface area contributed by atoms with Crippen LogP contribution in [0.15, 0.2) is 52.0 Å². The molecule has 0 unspecified atom stereocenters. The third-order valence-corrected chi connectivity index (χ3v) is 5.86. The minimum atomic E-state index is -1.13. The Labute approximate surface area is 156 Å². The number of aliphatic carboxylic acids is 1. The maximum Gasteiger partial charge on any atom is 0.213 e. The van der Waals surface area contributed by atoms with Crippen molar-refractivity contribution in [2.24, 2.45) is 5.10 Å². The van der Waals surface area contributed by atoms with Crippen LogP contribution >= 0.6 is 34.7 Å². The highest BCUT2D eigenvalue weighted by molar-refractivity contribution is 8.00. The van der Waals surface area contributed by atoms with Crippen LogP contribution in [-0.4, -0.2) is 31.8 Å². The summed E-state index contributed by atoms with van der Waals surface area (Å²) in [5, 5.41) is 26.9. The predicted molar refractivity (Wildman–Crippen MR) is 96.0 cm³/mol. The van der Waals surface area contributed by atoms with Gasteiger partial charge >= 0.3 is 0 Å². The molecular formula is C16H10ClN4O2S2-. The van der Waals surface area contributed by atoms with E-state index in [4.69, 9.17) is 11.6 Å². The molecule has 0 fully saturated rings. The van der Waals surface area contributed by atoms with Crippen molar-refractivity contribution < 1.29 is 9.90 Å². The van der Waals surface area contributed by atoms with E-state index in [2.05, 4.69) is 15.3 Å². The van der Waals surface area contributed by atoms with E-state index in [0.29, 0.717) is 21.7 Å². The Hall–Kier alpha value is -2.16. The number of hydrogen-bond acceptors (Lipinski definition) is 7. The summed E-state index contributed by atoms with van der Waals surface area (Å²) in [6.07, 6.45) is -0.159. The molecular weight excluding hydrogens is 380 g/mol. The summed E-state index contributed by atoms with van der Waals surface area (Å²) in [5.74, 6) is -0.499. The molecule has 1 aliphatic heterocycles. The molecule has 1 aliphatic rings. The van der Waals surface area contributed by atoms with Crippen molar-refractivity contribution in [3.8, 4) is 10.7 Å². The molecule has 0 N–H and O–H groups in total. The van der Waals surface area contributed by atoms with Crippen molar-refractivity contribution in [1.82, 2.24) is 14.9 Å². The molecule has 0 radical (unpaired) electrons. The van der Waals surface area contributed by atoms with E-state index in [9.17, 15) is 9.90 Å². The van der Waals surface area contributed by atoms with Crippen LogP contribution in [-0.2, 0) is 4.79 Å². The van der Waals surface area contributed by atoms with Gasteiger partial charge in [-0.3, -0.25) is 0 Å². The lowest BCUT2D eigenvalue weighted by molar-refractivity contribution is -0.305. The van der Waals surface area contributed by atoms with Gasteiger partial charge in [-0.05, 0) is 29.1 Å². The number of carboxylic acids is 1. The summed E-state index contributed by atoms with van der Waals surface area (Å²) >= 11 is 8.82. The van der Waals surface area contributed by atoms with Crippen LogP contribution in [0.5, 0.6) is 0 Å². The maximum absolute atomic E-state index is 11.2. The number of rotatable bonds is 4. The lowest BCUT2D eigenvalue weighted by Crippen LogP contribution is -2.32. The zero-order valence-electron chi connectivity index (χ0n) is 12.6. The molecule has 25 heavy (non-hydrogen) atoms. The lowest BCUT2D eigenvalue weighted by atomic mass is 10.1. The number of nitrogens with zero attached hydrogens (tertiary/aromatic N) is 4. The summed E-state index contributed by atoms with van der Waals surface area (Å²) in [6.45, 7) is 0. The Morgan fingerprint density at radius 3 is 2.72 bits per heavy atom. The minimum Gasteiger partial charge on any atom is -0.550 e. The van der Waals surface area contributed by atoms with E-state index >= 15 is 0 Å². The Morgan fingerprint density at radius 1 is 1.24 bits per heavy atom. The topological polar surface area (TPSA) is 83.2 Å². The van der Waals surface area contributed by atoms with Crippen molar-refractivity contribution in [2.45, 2.75) is 16.8 Å². The average molecular weight is 390 g/mol. The molecule has 2 aromatic heterocycles. The molecule has 6 nitrogen and oxygen atoms in total. The van der Waals surface area contributed by atoms with E-state index in [1.165, 1.54) is 11.8 Å². The van der Waals surface area contributed by atoms with Crippen LogP contribution in [0, 0.1) is 0 Å². The highest BCUT2D eigenvalue weighted by Gasteiger charge is 2.29. The van der Waals surface area contributed by atoms with Crippen LogP contribution in [0.25, 0.3) is 10.7 Å². The fourth-order valence-corrected chi connectivity index (χ4v) is 4.40. The van der Waals surface area contributed by atoms with Gasteiger partial charge < -0.3 is 9.90 Å². The van der Waals surface area contributed by atoms with Crippen LogP contribution in [0.1, 0.15) is 12.0 Å². The number of halogens is 1. The molecule has 0 saturated carbocycles. The van der Waals surface area contributed by atoms with Gasteiger partial charge in [0.15, 0.2) is 5.82 Å². The number of carbonyl (C=O) groups is 1. The molecule has 126 valence electrons. The number of hydrogen-bond donors (Lipinski definition) is 0. The Kier molecular flexibility index (Phi) is 4.32. The predicted octanol–water partition coefficient (Wildman–Crippen LogP) is 2.53. The van der Waals surface area contributed by atoms with Gasteiger partial charge in [0.1, 0.15) is 0 Å². The second-order valence-corrected chi connectivity index (χ2v) is 7.82. The van der Waals surface area contributed by atoms with E-state index in [0.717, 1.165) is 10.4 Å². The van der Waals surface area contributed by atoms with Crippen LogP contribution in [0.3, 0.4) is 0 Å². The monoisotopic (exact) mass is 389 g/mol. The fourth-order valence-electron chi connectivity index (χ4n) is 2.50. The maximum atomic E-state index is 11.2. The van der Waals surface area contributed by atoms with Crippen molar-refractivity contribution in [1.29, 1.82) is 0 Å². The molecule has 0 saturated heterocycles. The largest absolute Gasteiger partial charge is 0.550 e. The average Bonchev–Trinajstić information content (AvgIpc) is 3.23. The molecule has 0 spiro atoms. The first-order valence-corrected chi connectivity index (χ1v) is 9.46. The summed E-state index contributed by atoms with van der Waals surface area (Å²) < 4.78 is 1.66. The molecule has 1 atom stereocenters. The Morgan fingerprint density at radius 2 is 2.04 bits per heavy atom. The highest BCUT2D eigenvalue weighted by Crippen LogP contribution is 2.35. The summed E-state index contributed by atoms with van der Waals surface area (Å²) in [7, 11) is 0. The molecule has 0 amide bonds. The van der Waals surface area contributed by atoms with E-state index < -0.39 is 11.2 Å². The Balaban J connectivity index is 1.82. The van der Waals surface area contributed by atoms with E-state index in [1.54, 1.807) is 28.1 Å². The molecule has 3 aromatic rings. The quantitative estimate of drug-likeness (QED) is 0.684. The van der Waals surface area contributed by atoms with Gasteiger partial charge in [0.25, 0.3) is 0 Å². The van der Waals surface area contributed by atoms with Gasteiger partial charge in [0, 0.05) is 17.4 Å². The molecule has 9 heteroatoms. The van der Waals surface area contributed by atoms with Crippen LogP contribution in [0.2, 0.25) is 5.02 Å². The first-order valence-electron chi connectivity index (χ1n) is 7.32. The summed E-state index contributed by atoms with van der Waals surface area (Å²) in [5.41, 5.74) is 1.44. The number of thiophene rings is 1. The first-order chi connectivity index (χ1) is 12.1. The van der Waals surface area contributed by atoms with Gasteiger partial charge in [-0.15, -0.1) is 21.5 Å². The minimum absolute atomic E-state index is 0.159.